The minimum absolute atomic E-state index is 0.222. The van der Waals surface area contributed by atoms with Crippen LogP contribution >= 0.6 is 11.8 Å². The minimum Gasteiger partial charge on any atom is -0.387 e. The zero-order chi connectivity index (χ0) is 8.15. The molecule has 3 N–H and O–H groups in total. The van der Waals surface area contributed by atoms with E-state index in [-0.39, 0.29) is 5.25 Å². The standard InChI is InChI=1S/C7H16N2S/c1-4-6(7(8)9)10-5(2)3/h5-6H,4H2,1-3H3,(H3,8,9). The van der Waals surface area contributed by atoms with Gasteiger partial charge < -0.3 is 5.73 Å². The third-order valence-corrected chi connectivity index (χ3v) is 2.61. The lowest BCUT2D eigenvalue weighted by Crippen LogP contribution is -2.25. The molecule has 0 saturated carbocycles. The van der Waals surface area contributed by atoms with Crippen molar-refractivity contribution in [1.29, 1.82) is 5.41 Å². The van der Waals surface area contributed by atoms with Gasteiger partial charge in [0.2, 0.25) is 0 Å². The summed E-state index contributed by atoms with van der Waals surface area (Å²) in [6, 6.07) is 0. The SMILES string of the molecule is CCC(SC(C)C)C(=N)N. The van der Waals surface area contributed by atoms with Crippen molar-refractivity contribution < 1.29 is 0 Å². The fourth-order valence-corrected chi connectivity index (χ4v) is 1.71. The third-order valence-electron chi connectivity index (χ3n) is 1.15. The number of hydrogen-bond acceptors (Lipinski definition) is 2. The molecule has 0 aromatic rings. The van der Waals surface area contributed by atoms with Gasteiger partial charge in [0.05, 0.1) is 5.25 Å². The van der Waals surface area contributed by atoms with E-state index in [0.717, 1.165) is 6.42 Å². The molecule has 0 bridgehead atoms. The topological polar surface area (TPSA) is 49.9 Å². The van der Waals surface area contributed by atoms with Crippen molar-refractivity contribution in [3.8, 4) is 0 Å². The van der Waals surface area contributed by atoms with Gasteiger partial charge in [0.1, 0.15) is 5.84 Å². The molecule has 0 fully saturated rings. The maximum Gasteiger partial charge on any atom is 0.104 e. The van der Waals surface area contributed by atoms with Gasteiger partial charge in [-0.05, 0) is 11.7 Å². The number of thioether (sulfide) groups is 1. The lowest BCUT2D eigenvalue weighted by Gasteiger charge is -2.14. The zero-order valence-electron chi connectivity index (χ0n) is 6.85. The van der Waals surface area contributed by atoms with E-state index in [1.165, 1.54) is 0 Å². The number of rotatable bonds is 4. The van der Waals surface area contributed by atoms with Crippen LogP contribution in [0.3, 0.4) is 0 Å². The first-order valence-corrected chi connectivity index (χ1v) is 4.51. The van der Waals surface area contributed by atoms with E-state index in [1.807, 2.05) is 0 Å². The van der Waals surface area contributed by atoms with E-state index in [9.17, 15) is 0 Å². The van der Waals surface area contributed by atoms with Crippen LogP contribution in [0.15, 0.2) is 0 Å². The van der Waals surface area contributed by atoms with Gasteiger partial charge in [0.15, 0.2) is 0 Å². The first-order chi connectivity index (χ1) is 4.57. The Morgan fingerprint density at radius 2 is 2.10 bits per heavy atom. The average molecular weight is 160 g/mol. The second kappa shape index (κ2) is 4.61. The Morgan fingerprint density at radius 3 is 2.20 bits per heavy atom. The minimum atomic E-state index is 0.222. The molecule has 1 atom stereocenters. The van der Waals surface area contributed by atoms with Crippen molar-refractivity contribution in [2.24, 2.45) is 5.73 Å². The Morgan fingerprint density at radius 1 is 1.60 bits per heavy atom. The molecular weight excluding hydrogens is 144 g/mol. The summed E-state index contributed by atoms with van der Waals surface area (Å²) in [5.74, 6) is 0.307. The Balaban J connectivity index is 3.72. The van der Waals surface area contributed by atoms with Crippen molar-refractivity contribution >= 4 is 17.6 Å². The first-order valence-electron chi connectivity index (χ1n) is 3.57. The molecule has 0 aromatic carbocycles. The molecule has 60 valence electrons. The summed E-state index contributed by atoms with van der Waals surface area (Å²) in [6.45, 7) is 6.30. The van der Waals surface area contributed by atoms with Gasteiger partial charge in [0.25, 0.3) is 0 Å². The predicted molar refractivity (Wildman–Crippen MR) is 48.7 cm³/mol. The van der Waals surface area contributed by atoms with Crippen LogP contribution in [-0.4, -0.2) is 16.3 Å². The summed E-state index contributed by atoms with van der Waals surface area (Å²) in [6.07, 6.45) is 0.957. The Labute approximate surface area is 67.1 Å². The van der Waals surface area contributed by atoms with Gasteiger partial charge in [-0.3, -0.25) is 5.41 Å². The van der Waals surface area contributed by atoms with Crippen molar-refractivity contribution in [3.63, 3.8) is 0 Å². The van der Waals surface area contributed by atoms with Gasteiger partial charge in [0, 0.05) is 0 Å². The Kier molecular flexibility index (Phi) is 4.52. The fraction of sp³-hybridized carbons (Fsp3) is 0.857. The summed E-state index contributed by atoms with van der Waals surface area (Å²) in [5, 5.41) is 7.99. The molecule has 0 heterocycles. The molecule has 10 heavy (non-hydrogen) atoms. The Hall–Kier alpha value is -0.180. The average Bonchev–Trinajstić information content (AvgIpc) is 1.81. The van der Waals surface area contributed by atoms with Gasteiger partial charge >= 0.3 is 0 Å². The van der Waals surface area contributed by atoms with E-state index >= 15 is 0 Å². The van der Waals surface area contributed by atoms with Gasteiger partial charge in [-0.25, -0.2) is 0 Å². The van der Waals surface area contributed by atoms with E-state index in [2.05, 4.69) is 20.8 Å². The molecule has 0 saturated heterocycles. The van der Waals surface area contributed by atoms with Crippen molar-refractivity contribution in [2.75, 3.05) is 0 Å². The van der Waals surface area contributed by atoms with E-state index in [4.69, 9.17) is 11.1 Å². The molecule has 3 heteroatoms. The summed E-state index contributed by atoms with van der Waals surface area (Å²) in [7, 11) is 0. The highest BCUT2D eigenvalue weighted by molar-refractivity contribution is 8.01. The van der Waals surface area contributed by atoms with Crippen molar-refractivity contribution in [1.82, 2.24) is 0 Å². The molecule has 2 nitrogen and oxygen atoms in total. The highest BCUT2D eigenvalue weighted by atomic mass is 32.2. The Bertz CT molecular complexity index is 112. The lowest BCUT2D eigenvalue weighted by atomic mass is 10.3. The summed E-state index contributed by atoms with van der Waals surface area (Å²) < 4.78 is 0. The number of nitrogens with one attached hydrogen (secondary N) is 1. The predicted octanol–water partition coefficient (Wildman–Crippen LogP) is 1.84. The number of amidine groups is 1. The molecule has 0 aliphatic carbocycles. The molecule has 0 spiro atoms. The summed E-state index contributed by atoms with van der Waals surface area (Å²) in [4.78, 5) is 0. The van der Waals surface area contributed by atoms with Crippen LogP contribution < -0.4 is 5.73 Å². The fourth-order valence-electron chi connectivity index (χ4n) is 0.718. The quantitative estimate of drug-likeness (QED) is 0.487. The van der Waals surface area contributed by atoms with Crippen molar-refractivity contribution in [3.05, 3.63) is 0 Å². The zero-order valence-corrected chi connectivity index (χ0v) is 7.66. The van der Waals surface area contributed by atoms with Gasteiger partial charge in [-0.2, -0.15) is 0 Å². The van der Waals surface area contributed by atoms with Crippen LogP contribution in [0.1, 0.15) is 27.2 Å². The van der Waals surface area contributed by atoms with Crippen LogP contribution in [0.25, 0.3) is 0 Å². The van der Waals surface area contributed by atoms with E-state index in [0.29, 0.717) is 11.1 Å². The number of nitrogens with two attached hydrogens (primary N) is 1. The van der Waals surface area contributed by atoms with Gasteiger partial charge in [-0.15, -0.1) is 11.8 Å². The molecule has 0 aromatic heterocycles. The second-order valence-corrected chi connectivity index (χ2v) is 4.32. The molecule has 0 rings (SSSR count). The largest absolute Gasteiger partial charge is 0.387 e. The molecular formula is C7H16N2S. The lowest BCUT2D eigenvalue weighted by molar-refractivity contribution is 0.976. The normalized spacial score (nSPS) is 13.6. The van der Waals surface area contributed by atoms with Crippen LogP contribution in [0.2, 0.25) is 0 Å². The second-order valence-electron chi connectivity index (χ2n) is 2.54. The number of hydrogen-bond donors (Lipinski definition) is 2. The smallest absolute Gasteiger partial charge is 0.104 e. The van der Waals surface area contributed by atoms with Crippen LogP contribution in [0.4, 0.5) is 0 Å². The van der Waals surface area contributed by atoms with Crippen molar-refractivity contribution in [2.45, 2.75) is 37.7 Å². The monoisotopic (exact) mass is 160 g/mol. The molecule has 0 radical (unpaired) electrons. The van der Waals surface area contributed by atoms with Crippen LogP contribution in [0.5, 0.6) is 0 Å². The molecule has 0 aliphatic rings. The maximum absolute atomic E-state index is 7.20. The van der Waals surface area contributed by atoms with Gasteiger partial charge in [-0.1, -0.05) is 20.8 Å². The van der Waals surface area contributed by atoms with E-state index < -0.39 is 0 Å². The third kappa shape index (κ3) is 3.77. The van der Waals surface area contributed by atoms with Crippen LogP contribution in [0, 0.1) is 5.41 Å². The van der Waals surface area contributed by atoms with E-state index in [1.54, 1.807) is 11.8 Å². The molecule has 0 aliphatic heterocycles. The highest BCUT2D eigenvalue weighted by Crippen LogP contribution is 2.19. The maximum atomic E-state index is 7.20. The highest BCUT2D eigenvalue weighted by Gasteiger charge is 2.10. The molecule has 0 amide bonds. The summed E-state index contributed by atoms with van der Waals surface area (Å²) >= 11 is 1.76. The first kappa shape index (κ1) is 9.82. The van der Waals surface area contributed by atoms with Crippen LogP contribution in [-0.2, 0) is 0 Å². The molecule has 1 unspecified atom stereocenters. The summed E-state index contributed by atoms with van der Waals surface area (Å²) in [5.41, 5.74) is 5.36.